The number of rotatable bonds is 4. The number of hydrogen-bond acceptors (Lipinski definition) is 3. The van der Waals surface area contributed by atoms with Crippen LogP contribution in [0.3, 0.4) is 0 Å². The zero-order valence-corrected chi connectivity index (χ0v) is 11.2. The van der Waals surface area contributed by atoms with Gasteiger partial charge in [0.2, 0.25) is 0 Å². The number of nitrogens with two attached hydrogens (primary N) is 1. The van der Waals surface area contributed by atoms with Gasteiger partial charge in [0.1, 0.15) is 0 Å². The third kappa shape index (κ3) is 2.85. The molecule has 1 aromatic carbocycles. The van der Waals surface area contributed by atoms with E-state index in [2.05, 4.69) is 0 Å². The van der Waals surface area contributed by atoms with Crippen molar-refractivity contribution in [3.8, 4) is 11.3 Å². The van der Waals surface area contributed by atoms with Crippen molar-refractivity contribution in [1.82, 2.24) is 4.57 Å². The van der Waals surface area contributed by atoms with Gasteiger partial charge in [-0.2, -0.15) is 0 Å². The molecule has 2 aromatic rings. The number of aryl methyl sites for hydroxylation is 1. The molecule has 0 unspecified atom stereocenters. The highest BCUT2D eigenvalue weighted by molar-refractivity contribution is 5.61. The minimum Gasteiger partial charge on any atom is -0.394 e. The Morgan fingerprint density at radius 3 is 2.47 bits per heavy atom. The summed E-state index contributed by atoms with van der Waals surface area (Å²) in [4.78, 5) is 12.1. The summed E-state index contributed by atoms with van der Waals surface area (Å²) in [5.74, 6) is 0. The molecule has 0 atom stereocenters. The number of methoxy groups -OCH3 is 1. The van der Waals surface area contributed by atoms with Gasteiger partial charge in [-0.3, -0.25) is 4.79 Å². The van der Waals surface area contributed by atoms with Crippen molar-refractivity contribution in [2.75, 3.05) is 19.5 Å². The van der Waals surface area contributed by atoms with E-state index in [0.717, 1.165) is 11.3 Å². The molecule has 0 aliphatic heterocycles. The molecule has 1 aromatic heterocycles. The lowest BCUT2D eigenvalue weighted by atomic mass is 10.1. The molecule has 100 valence electrons. The van der Waals surface area contributed by atoms with Crippen LogP contribution in [0.4, 0.5) is 5.69 Å². The van der Waals surface area contributed by atoms with Gasteiger partial charge in [0, 0.05) is 13.7 Å². The van der Waals surface area contributed by atoms with Crippen molar-refractivity contribution in [2.24, 2.45) is 0 Å². The maximum absolute atomic E-state index is 12.1. The predicted octanol–water partition coefficient (Wildman–Crippen LogP) is 2.05. The topological polar surface area (TPSA) is 57.2 Å². The molecule has 0 radical (unpaired) electrons. The van der Waals surface area contributed by atoms with Crippen LogP contribution in [0.1, 0.15) is 5.56 Å². The highest BCUT2D eigenvalue weighted by Crippen LogP contribution is 2.19. The van der Waals surface area contributed by atoms with Crippen LogP contribution in [-0.4, -0.2) is 18.3 Å². The molecule has 1 heterocycles. The zero-order chi connectivity index (χ0) is 13.8. The lowest BCUT2D eigenvalue weighted by Gasteiger charge is -2.13. The van der Waals surface area contributed by atoms with E-state index in [0.29, 0.717) is 13.2 Å². The van der Waals surface area contributed by atoms with Crippen LogP contribution >= 0.6 is 0 Å². The summed E-state index contributed by atoms with van der Waals surface area (Å²) in [5, 5.41) is 0. The van der Waals surface area contributed by atoms with Gasteiger partial charge in [0.15, 0.2) is 0 Å². The summed E-state index contributed by atoms with van der Waals surface area (Å²) < 4.78 is 6.71. The number of ether oxygens (including phenoxy) is 1. The number of hydrogen-bond donors (Lipinski definition) is 1. The van der Waals surface area contributed by atoms with Crippen molar-refractivity contribution < 1.29 is 4.74 Å². The lowest BCUT2D eigenvalue weighted by Crippen LogP contribution is -2.25. The molecule has 0 spiro atoms. The number of nitrogens with zero attached hydrogens (tertiary/aromatic N) is 1. The van der Waals surface area contributed by atoms with Crippen LogP contribution in [0, 0.1) is 6.92 Å². The molecule has 0 saturated carbocycles. The largest absolute Gasteiger partial charge is 0.394 e. The molecule has 0 bridgehead atoms. The zero-order valence-electron chi connectivity index (χ0n) is 11.2. The Balaban J connectivity index is 2.52. The molecule has 2 N–H and O–H groups in total. The van der Waals surface area contributed by atoms with Crippen molar-refractivity contribution in [3.05, 3.63) is 52.3 Å². The first kappa shape index (κ1) is 13.4. The van der Waals surface area contributed by atoms with Gasteiger partial charge in [0.25, 0.3) is 5.56 Å². The van der Waals surface area contributed by atoms with E-state index in [1.165, 1.54) is 5.56 Å². The first-order chi connectivity index (χ1) is 9.13. The Kier molecular flexibility index (Phi) is 4.02. The minimum absolute atomic E-state index is 0.171. The van der Waals surface area contributed by atoms with E-state index in [4.69, 9.17) is 10.5 Å². The second kappa shape index (κ2) is 5.71. The summed E-state index contributed by atoms with van der Waals surface area (Å²) in [5.41, 5.74) is 8.82. The highest BCUT2D eigenvalue weighted by atomic mass is 16.5. The number of anilines is 1. The molecule has 19 heavy (non-hydrogen) atoms. The van der Waals surface area contributed by atoms with Gasteiger partial charge in [0.05, 0.1) is 18.0 Å². The van der Waals surface area contributed by atoms with Gasteiger partial charge < -0.3 is 15.0 Å². The molecule has 0 aliphatic carbocycles. The predicted molar refractivity (Wildman–Crippen MR) is 77.2 cm³/mol. The normalized spacial score (nSPS) is 10.6. The van der Waals surface area contributed by atoms with Crippen LogP contribution in [0.15, 0.2) is 41.2 Å². The lowest BCUT2D eigenvalue weighted by molar-refractivity contribution is 0.186. The van der Waals surface area contributed by atoms with E-state index in [-0.39, 0.29) is 11.2 Å². The van der Waals surface area contributed by atoms with Gasteiger partial charge in [-0.25, -0.2) is 0 Å². The first-order valence-electron chi connectivity index (χ1n) is 6.19. The highest BCUT2D eigenvalue weighted by Gasteiger charge is 2.08. The number of pyridine rings is 1. The summed E-state index contributed by atoms with van der Waals surface area (Å²) >= 11 is 0. The number of benzene rings is 1. The van der Waals surface area contributed by atoms with Crippen LogP contribution in [0.25, 0.3) is 11.3 Å². The van der Waals surface area contributed by atoms with Crippen LogP contribution in [0.2, 0.25) is 0 Å². The van der Waals surface area contributed by atoms with Crippen molar-refractivity contribution in [1.29, 1.82) is 0 Å². The average Bonchev–Trinajstić information content (AvgIpc) is 2.41. The van der Waals surface area contributed by atoms with Gasteiger partial charge >= 0.3 is 0 Å². The van der Waals surface area contributed by atoms with Crippen LogP contribution < -0.4 is 11.3 Å². The van der Waals surface area contributed by atoms with Crippen LogP contribution in [0.5, 0.6) is 0 Å². The molecular weight excluding hydrogens is 240 g/mol. The minimum atomic E-state index is -0.171. The molecule has 0 fully saturated rings. The average molecular weight is 258 g/mol. The summed E-state index contributed by atoms with van der Waals surface area (Å²) in [6, 6.07) is 11.6. The Hall–Kier alpha value is -2.07. The third-order valence-electron chi connectivity index (χ3n) is 3.07. The second-order valence-corrected chi connectivity index (χ2v) is 4.49. The Bertz CT molecular complexity index is 615. The summed E-state index contributed by atoms with van der Waals surface area (Å²) in [7, 11) is 1.61. The van der Waals surface area contributed by atoms with E-state index in [1.54, 1.807) is 17.7 Å². The standard InChI is InChI=1S/C15H18N2O2/c1-11-3-5-12(6-4-11)14-8-7-13(16)15(18)17(14)9-10-19-2/h3-8H,9-10,16H2,1-2H3. The summed E-state index contributed by atoms with van der Waals surface area (Å²) in [6.45, 7) is 3.00. The van der Waals surface area contributed by atoms with Crippen molar-refractivity contribution in [3.63, 3.8) is 0 Å². The molecule has 0 saturated heterocycles. The maximum atomic E-state index is 12.1. The molecule has 0 aliphatic rings. The first-order valence-corrected chi connectivity index (χ1v) is 6.19. The third-order valence-corrected chi connectivity index (χ3v) is 3.07. The van der Waals surface area contributed by atoms with Crippen LogP contribution in [-0.2, 0) is 11.3 Å². The molecular formula is C15H18N2O2. The maximum Gasteiger partial charge on any atom is 0.274 e. The number of nitrogen functional groups attached to an aromatic ring is 1. The Morgan fingerprint density at radius 2 is 1.84 bits per heavy atom. The fourth-order valence-electron chi connectivity index (χ4n) is 1.98. The monoisotopic (exact) mass is 258 g/mol. The van der Waals surface area contributed by atoms with Gasteiger partial charge in [-0.15, -0.1) is 0 Å². The molecule has 4 heteroatoms. The Labute approximate surface area is 112 Å². The molecule has 0 amide bonds. The SMILES string of the molecule is COCCn1c(-c2ccc(C)cc2)ccc(N)c1=O. The van der Waals surface area contributed by atoms with E-state index in [1.807, 2.05) is 37.3 Å². The number of aromatic nitrogens is 1. The molecule has 2 rings (SSSR count). The quantitative estimate of drug-likeness (QED) is 0.913. The van der Waals surface area contributed by atoms with Gasteiger partial charge in [-0.05, 0) is 24.6 Å². The smallest absolute Gasteiger partial charge is 0.274 e. The fraction of sp³-hybridized carbons (Fsp3) is 0.267. The van der Waals surface area contributed by atoms with Gasteiger partial charge in [-0.1, -0.05) is 29.8 Å². The Morgan fingerprint density at radius 1 is 1.16 bits per heavy atom. The van der Waals surface area contributed by atoms with Crippen molar-refractivity contribution >= 4 is 5.69 Å². The van der Waals surface area contributed by atoms with E-state index >= 15 is 0 Å². The fourth-order valence-corrected chi connectivity index (χ4v) is 1.98. The molecule has 4 nitrogen and oxygen atoms in total. The van der Waals surface area contributed by atoms with E-state index in [9.17, 15) is 4.79 Å². The van der Waals surface area contributed by atoms with Crippen molar-refractivity contribution in [2.45, 2.75) is 13.5 Å². The van der Waals surface area contributed by atoms with E-state index < -0.39 is 0 Å². The summed E-state index contributed by atoms with van der Waals surface area (Å²) in [6.07, 6.45) is 0. The second-order valence-electron chi connectivity index (χ2n) is 4.49.